The Kier molecular flexibility index (Phi) is 1.61. The molecule has 4 radical (unpaired) electrons. The Balaban J connectivity index is 2.67. The minimum absolute atomic E-state index is 0.425. The molecule has 0 aliphatic heterocycles. The van der Waals surface area contributed by atoms with Gasteiger partial charge >= 0.3 is 0 Å². The van der Waals surface area contributed by atoms with Crippen LogP contribution in [0.3, 0.4) is 0 Å². The standard InChI is InChI=1S/C10H8N2/c1-3-10-11-8-5-4-7(2)6-9(8)12-10/h1-2,4-6H,3H2,(H,11,12). The van der Waals surface area contributed by atoms with E-state index in [4.69, 9.17) is 13.8 Å². The van der Waals surface area contributed by atoms with Crippen molar-refractivity contribution in [2.24, 2.45) is 0 Å². The van der Waals surface area contributed by atoms with Crippen molar-refractivity contribution in [1.82, 2.24) is 9.97 Å². The molecule has 58 valence electrons. The second-order valence-corrected chi connectivity index (χ2v) is 2.66. The first-order valence-corrected chi connectivity index (χ1v) is 3.74. The number of fused-ring (bicyclic) bond motifs is 1. The number of hydrogen-bond donors (Lipinski definition) is 1. The number of aromatic nitrogens is 2. The smallest absolute Gasteiger partial charge is 0.107 e. The highest BCUT2D eigenvalue weighted by atomic mass is 14.9. The van der Waals surface area contributed by atoms with Crippen molar-refractivity contribution >= 4 is 11.0 Å². The molecular weight excluding hydrogens is 148 g/mol. The van der Waals surface area contributed by atoms with E-state index in [0.717, 1.165) is 22.4 Å². The molecule has 12 heavy (non-hydrogen) atoms. The predicted octanol–water partition coefficient (Wildman–Crippen LogP) is 1.88. The molecule has 2 nitrogen and oxygen atoms in total. The van der Waals surface area contributed by atoms with Crippen molar-refractivity contribution in [3.8, 4) is 0 Å². The average Bonchev–Trinajstić information content (AvgIpc) is 2.46. The number of H-pyrrole nitrogens is 1. The normalized spacial score (nSPS) is 10.8. The Morgan fingerprint density at radius 1 is 1.42 bits per heavy atom. The van der Waals surface area contributed by atoms with Crippen molar-refractivity contribution in [2.45, 2.75) is 6.42 Å². The fourth-order valence-corrected chi connectivity index (χ4v) is 1.18. The van der Waals surface area contributed by atoms with Gasteiger partial charge in [0.25, 0.3) is 0 Å². The zero-order valence-electron chi connectivity index (χ0n) is 6.54. The first-order valence-electron chi connectivity index (χ1n) is 3.74. The molecule has 0 atom stereocenters. The quantitative estimate of drug-likeness (QED) is 0.671. The third-order valence-electron chi connectivity index (χ3n) is 1.75. The number of hydrogen-bond acceptors (Lipinski definition) is 1. The molecule has 2 aromatic rings. The van der Waals surface area contributed by atoms with Crippen LogP contribution >= 0.6 is 0 Å². The van der Waals surface area contributed by atoms with Gasteiger partial charge in [0.2, 0.25) is 0 Å². The van der Waals surface area contributed by atoms with Gasteiger partial charge in [-0.25, -0.2) is 4.98 Å². The van der Waals surface area contributed by atoms with Gasteiger partial charge in [-0.3, -0.25) is 0 Å². The van der Waals surface area contributed by atoms with E-state index < -0.39 is 0 Å². The molecule has 1 heterocycles. The minimum atomic E-state index is 0.425. The molecule has 1 aromatic carbocycles. The molecule has 0 bridgehead atoms. The third-order valence-corrected chi connectivity index (χ3v) is 1.75. The average molecular weight is 156 g/mol. The van der Waals surface area contributed by atoms with Gasteiger partial charge in [0, 0.05) is 6.42 Å². The van der Waals surface area contributed by atoms with Gasteiger partial charge in [-0.1, -0.05) is 6.07 Å². The number of imidazole rings is 1. The SMILES string of the molecule is [CH]Cc1nc2ccc([CH])cc2[nH]1. The van der Waals surface area contributed by atoms with Crippen molar-refractivity contribution < 1.29 is 0 Å². The van der Waals surface area contributed by atoms with Crippen LogP contribution in [-0.2, 0) is 6.42 Å². The number of nitrogens with one attached hydrogen (secondary N) is 1. The maximum Gasteiger partial charge on any atom is 0.107 e. The van der Waals surface area contributed by atoms with Crippen LogP contribution in [0.25, 0.3) is 11.0 Å². The maximum atomic E-state index is 5.60. The molecule has 0 saturated heterocycles. The van der Waals surface area contributed by atoms with Gasteiger partial charge in [0.1, 0.15) is 5.82 Å². The molecule has 2 rings (SSSR count). The van der Waals surface area contributed by atoms with E-state index in [1.165, 1.54) is 0 Å². The molecule has 1 aromatic heterocycles. The summed E-state index contributed by atoms with van der Waals surface area (Å²) < 4.78 is 0. The Morgan fingerprint density at radius 3 is 3.00 bits per heavy atom. The lowest BCUT2D eigenvalue weighted by molar-refractivity contribution is 1.07. The van der Waals surface area contributed by atoms with E-state index in [0.29, 0.717) is 6.42 Å². The van der Waals surface area contributed by atoms with Crippen LogP contribution in [0, 0.1) is 13.8 Å². The molecule has 2 heteroatoms. The van der Waals surface area contributed by atoms with Crippen LogP contribution < -0.4 is 0 Å². The van der Waals surface area contributed by atoms with Crippen LogP contribution in [0.1, 0.15) is 11.4 Å². The summed E-state index contributed by atoms with van der Waals surface area (Å²) in [6.07, 6.45) is 0.425. The summed E-state index contributed by atoms with van der Waals surface area (Å²) in [6.45, 7) is 11.0. The topological polar surface area (TPSA) is 28.7 Å². The molecule has 0 saturated carbocycles. The lowest BCUT2D eigenvalue weighted by Crippen LogP contribution is -1.79. The molecule has 1 N–H and O–H groups in total. The zero-order chi connectivity index (χ0) is 8.55. The van der Waals surface area contributed by atoms with Crippen LogP contribution in [0.2, 0.25) is 0 Å². The maximum absolute atomic E-state index is 5.60. The highest BCUT2D eigenvalue weighted by Gasteiger charge is 1.99. The summed E-state index contributed by atoms with van der Waals surface area (Å²) in [4.78, 5) is 7.31. The van der Waals surface area contributed by atoms with Gasteiger partial charge in [0.15, 0.2) is 0 Å². The van der Waals surface area contributed by atoms with Crippen LogP contribution in [-0.4, -0.2) is 9.97 Å². The number of aromatic amines is 1. The molecule has 0 unspecified atom stereocenters. The van der Waals surface area contributed by atoms with Crippen molar-refractivity contribution in [3.05, 3.63) is 43.4 Å². The second-order valence-electron chi connectivity index (χ2n) is 2.66. The van der Waals surface area contributed by atoms with E-state index in [2.05, 4.69) is 9.97 Å². The van der Waals surface area contributed by atoms with Gasteiger partial charge < -0.3 is 4.98 Å². The summed E-state index contributed by atoms with van der Waals surface area (Å²) in [7, 11) is 0. The van der Waals surface area contributed by atoms with Crippen LogP contribution in [0.4, 0.5) is 0 Å². The Bertz CT molecular complexity index is 401. The largest absolute Gasteiger partial charge is 0.342 e. The fourth-order valence-electron chi connectivity index (χ4n) is 1.18. The lowest BCUT2D eigenvalue weighted by Gasteiger charge is -1.88. The number of benzene rings is 1. The highest BCUT2D eigenvalue weighted by molar-refractivity contribution is 5.76. The number of nitrogens with zero attached hydrogens (tertiary/aromatic N) is 1. The van der Waals surface area contributed by atoms with E-state index in [-0.39, 0.29) is 0 Å². The fraction of sp³-hybridized carbons (Fsp3) is 0.100. The first-order chi connectivity index (χ1) is 5.79. The monoisotopic (exact) mass is 156 g/mol. The summed E-state index contributed by atoms with van der Waals surface area (Å²) >= 11 is 0. The minimum Gasteiger partial charge on any atom is -0.342 e. The first kappa shape index (κ1) is 7.35. The number of rotatable bonds is 1. The van der Waals surface area contributed by atoms with Gasteiger partial charge in [-0.2, -0.15) is 0 Å². The van der Waals surface area contributed by atoms with Gasteiger partial charge in [-0.15, -0.1) is 0 Å². The van der Waals surface area contributed by atoms with Crippen molar-refractivity contribution in [3.63, 3.8) is 0 Å². The van der Waals surface area contributed by atoms with Gasteiger partial charge in [0.05, 0.1) is 11.0 Å². The molecule has 0 spiro atoms. The Labute approximate surface area is 71.6 Å². The van der Waals surface area contributed by atoms with Crippen molar-refractivity contribution in [2.75, 3.05) is 0 Å². The molecule has 0 amide bonds. The highest BCUT2D eigenvalue weighted by Crippen LogP contribution is 2.12. The van der Waals surface area contributed by atoms with Gasteiger partial charge in [-0.05, 0) is 31.5 Å². The Morgan fingerprint density at radius 2 is 2.25 bits per heavy atom. The molecular formula is C10H8N2. The summed E-state index contributed by atoms with van der Waals surface area (Å²) in [5, 5.41) is 0. The Hall–Kier alpha value is -1.31. The summed E-state index contributed by atoms with van der Waals surface area (Å²) in [6, 6.07) is 5.55. The van der Waals surface area contributed by atoms with Crippen molar-refractivity contribution in [1.29, 1.82) is 0 Å². The molecule has 0 fully saturated rings. The molecule has 0 aliphatic carbocycles. The van der Waals surface area contributed by atoms with E-state index in [1.54, 1.807) is 0 Å². The predicted molar refractivity (Wildman–Crippen MR) is 47.5 cm³/mol. The second kappa shape index (κ2) is 2.63. The van der Waals surface area contributed by atoms with Crippen LogP contribution in [0.5, 0.6) is 0 Å². The van der Waals surface area contributed by atoms with E-state index in [1.807, 2.05) is 18.2 Å². The zero-order valence-corrected chi connectivity index (χ0v) is 6.54. The van der Waals surface area contributed by atoms with E-state index >= 15 is 0 Å². The lowest BCUT2D eigenvalue weighted by atomic mass is 10.2. The third kappa shape index (κ3) is 1.09. The van der Waals surface area contributed by atoms with E-state index in [9.17, 15) is 0 Å². The summed E-state index contributed by atoms with van der Waals surface area (Å²) in [5.74, 6) is 0.788. The van der Waals surface area contributed by atoms with Crippen LogP contribution in [0.15, 0.2) is 18.2 Å². The summed E-state index contributed by atoms with van der Waals surface area (Å²) in [5.41, 5.74) is 2.58. The molecule has 0 aliphatic rings.